The Hall–Kier alpha value is -1.77. The van der Waals surface area contributed by atoms with Gasteiger partial charge in [0.2, 0.25) is 0 Å². The van der Waals surface area contributed by atoms with Crippen molar-refractivity contribution in [1.29, 1.82) is 0 Å². The molecule has 0 saturated heterocycles. The third-order valence-corrected chi connectivity index (χ3v) is 2.80. The first-order chi connectivity index (χ1) is 7.95. The molecule has 3 nitrogen and oxygen atoms in total. The number of carbonyl (C=O) groups excluding carboxylic acids is 1. The molecule has 0 radical (unpaired) electrons. The first-order valence-corrected chi connectivity index (χ1v) is 5.64. The van der Waals surface area contributed by atoms with Gasteiger partial charge in [0.25, 0.3) is 0 Å². The van der Waals surface area contributed by atoms with Gasteiger partial charge < -0.3 is 4.84 Å². The van der Waals surface area contributed by atoms with Crippen molar-refractivity contribution < 1.29 is 9.63 Å². The average molecular weight is 231 g/mol. The highest BCUT2D eigenvalue weighted by atomic mass is 16.6. The molecule has 1 aromatic heterocycles. The van der Waals surface area contributed by atoms with E-state index in [-0.39, 0.29) is 11.2 Å². The van der Waals surface area contributed by atoms with Crippen molar-refractivity contribution in [3.05, 3.63) is 36.0 Å². The number of nitrogens with zero attached hydrogens (tertiary/aromatic N) is 1. The molecule has 0 atom stereocenters. The van der Waals surface area contributed by atoms with Crippen molar-refractivity contribution >= 4 is 16.7 Å². The fourth-order valence-electron chi connectivity index (χ4n) is 1.89. The van der Waals surface area contributed by atoms with Gasteiger partial charge >= 0.3 is 0 Å². The van der Waals surface area contributed by atoms with Crippen molar-refractivity contribution in [2.24, 2.45) is 5.41 Å². The van der Waals surface area contributed by atoms with Gasteiger partial charge in [0.1, 0.15) is 7.11 Å². The smallest absolute Gasteiger partial charge is 0.170 e. The van der Waals surface area contributed by atoms with Crippen molar-refractivity contribution in [1.82, 2.24) is 4.73 Å². The molecule has 2 aromatic rings. The molecule has 1 heterocycles. The van der Waals surface area contributed by atoms with Crippen LogP contribution in [-0.4, -0.2) is 17.6 Å². The lowest BCUT2D eigenvalue weighted by molar-refractivity contribution is 0.0857. The third-order valence-electron chi connectivity index (χ3n) is 2.80. The molecule has 0 bridgehead atoms. The van der Waals surface area contributed by atoms with Crippen LogP contribution < -0.4 is 4.84 Å². The lowest BCUT2D eigenvalue weighted by Gasteiger charge is -2.15. The molecular weight excluding hydrogens is 214 g/mol. The van der Waals surface area contributed by atoms with Crippen LogP contribution in [0.3, 0.4) is 0 Å². The van der Waals surface area contributed by atoms with Crippen LogP contribution in [0, 0.1) is 5.41 Å². The molecule has 0 saturated carbocycles. The fourth-order valence-corrected chi connectivity index (χ4v) is 1.89. The van der Waals surface area contributed by atoms with Gasteiger partial charge in [0.05, 0.1) is 11.7 Å². The summed E-state index contributed by atoms with van der Waals surface area (Å²) in [5, 5.41) is 0.939. The number of hydrogen-bond acceptors (Lipinski definition) is 2. The molecule has 1 aromatic carbocycles. The van der Waals surface area contributed by atoms with Crippen molar-refractivity contribution in [3.63, 3.8) is 0 Å². The second-order valence-corrected chi connectivity index (χ2v) is 5.15. The topological polar surface area (TPSA) is 31.2 Å². The second-order valence-electron chi connectivity index (χ2n) is 5.15. The molecule has 3 heteroatoms. The molecule has 2 rings (SSSR count). The molecule has 90 valence electrons. The van der Waals surface area contributed by atoms with Crippen LogP contribution in [0.2, 0.25) is 0 Å². The molecule has 0 amide bonds. The first-order valence-electron chi connectivity index (χ1n) is 5.64. The Kier molecular flexibility index (Phi) is 2.69. The minimum absolute atomic E-state index is 0.129. The number of ketones is 1. The zero-order valence-electron chi connectivity index (χ0n) is 10.7. The van der Waals surface area contributed by atoms with Gasteiger partial charge in [-0.15, -0.1) is 0 Å². The van der Waals surface area contributed by atoms with E-state index in [0.29, 0.717) is 0 Å². The second kappa shape index (κ2) is 3.91. The highest BCUT2D eigenvalue weighted by molar-refractivity contribution is 6.10. The summed E-state index contributed by atoms with van der Waals surface area (Å²) in [6, 6.07) is 7.76. The van der Waals surface area contributed by atoms with Crippen molar-refractivity contribution in [3.8, 4) is 0 Å². The number of aromatic nitrogens is 1. The highest BCUT2D eigenvalue weighted by Gasteiger charge is 2.26. The summed E-state index contributed by atoms with van der Waals surface area (Å²) in [5.41, 5.74) is 1.25. The quantitative estimate of drug-likeness (QED) is 0.744. The summed E-state index contributed by atoms with van der Waals surface area (Å²) in [7, 11) is 1.60. The Labute approximate surface area is 101 Å². The van der Waals surface area contributed by atoms with E-state index < -0.39 is 0 Å². The number of hydrogen-bond donors (Lipinski definition) is 0. The first kappa shape index (κ1) is 11.7. The van der Waals surface area contributed by atoms with E-state index >= 15 is 0 Å². The zero-order valence-corrected chi connectivity index (χ0v) is 10.7. The van der Waals surface area contributed by atoms with Crippen LogP contribution in [0.5, 0.6) is 0 Å². The van der Waals surface area contributed by atoms with Gasteiger partial charge in [0.15, 0.2) is 5.78 Å². The van der Waals surface area contributed by atoms with Gasteiger partial charge in [-0.2, -0.15) is 4.73 Å². The van der Waals surface area contributed by atoms with Gasteiger partial charge in [-0.05, 0) is 6.07 Å². The zero-order chi connectivity index (χ0) is 12.6. The fraction of sp³-hybridized carbons (Fsp3) is 0.357. The summed E-state index contributed by atoms with van der Waals surface area (Å²) in [6.07, 6.45) is 1.76. The third kappa shape index (κ3) is 1.93. The summed E-state index contributed by atoms with van der Waals surface area (Å²) in [4.78, 5) is 17.6. The molecule has 0 N–H and O–H groups in total. The Balaban J connectivity index is 2.67. The number of Topliss-reactive ketones (excluding diaryl/α,β-unsaturated/α-hetero) is 1. The van der Waals surface area contributed by atoms with Crippen LogP contribution in [0.1, 0.15) is 31.1 Å². The molecular formula is C14H17NO2. The standard InChI is InChI=1S/C14H17NO2/c1-14(2,3)13(16)11-9-15(17-4)12-8-6-5-7-10(11)12/h5-9H,1-4H3. The molecule has 0 fully saturated rings. The summed E-state index contributed by atoms with van der Waals surface area (Å²) >= 11 is 0. The lowest BCUT2D eigenvalue weighted by Crippen LogP contribution is -2.20. The number of carbonyl (C=O) groups is 1. The Morgan fingerprint density at radius 1 is 1.24 bits per heavy atom. The van der Waals surface area contributed by atoms with Crippen LogP contribution >= 0.6 is 0 Å². The van der Waals surface area contributed by atoms with E-state index in [0.717, 1.165) is 16.5 Å². The molecule has 0 aliphatic carbocycles. The average Bonchev–Trinajstić information content (AvgIpc) is 2.65. The van der Waals surface area contributed by atoms with Gasteiger partial charge in [0, 0.05) is 16.4 Å². The van der Waals surface area contributed by atoms with Gasteiger partial charge in [-0.3, -0.25) is 4.79 Å². The Morgan fingerprint density at radius 2 is 1.88 bits per heavy atom. The van der Waals surface area contributed by atoms with E-state index in [4.69, 9.17) is 4.84 Å². The van der Waals surface area contributed by atoms with Gasteiger partial charge in [-0.25, -0.2) is 0 Å². The van der Waals surface area contributed by atoms with Crippen LogP contribution in [0.15, 0.2) is 30.5 Å². The molecule has 0 aliphatic rings. The largest absolute Gasteiger partial charge is 0.417 e. The van der Waals surface area contributed by atoms with Gasteiger partial charge in [-0.1, -0.05) is 39.0 Å². The van der Waals surface area contributed by atoms with Crippen LogP contribution in [-0.2, 0) is 0 Å². The van der Waals surface area contributed by atoms with E-state index in [1.807, 2.05) is 45.0 Å². The molecule has 17 heavy (non-hydrogen) atoms. The van der Waals surface area contributed by atoms with Crippen molar-refractivity contribution in [2.45, 2.75) is 20.8 Å². The predicted molar refractivity (Wildman–Crippen MR) is 68.2 cm³/mol. The lowest BCUT2D eigenvalue weighted by atomic mass is 9.86. The SMILES string of the molecule is COn1cc(C(=O)C(C)(C)C)c2ccccc21. The molecule has 0 aliphatic heterocycles. The minimum Gasteiger partial charge on any atom is -0.417 e. The molecule has 0 spiro atoms. The number of para-hydroxylation sites is 1. The van der Waals surface area contributed by atoms with Crippen LogP contribution in [0.25, 0.3) is 10.9 Å². The summed E-state index contributed by atoms with van der Waals surface area (Å²) < 4.78 is 1.63. The maximum Gasteiger partial charge on any atom is 0.170 e. The van der Waals surface area contributed by atoms with Crippen molar-refractivity contribution in [2.75, 3.05) is 7.11 Å². The predicted octanol–water partition coefficient (Wildman–Crippen LogP) is 2.93. The minimum atomic E-state index is -0.386. The van der Waals surface area contributed by atoms with E-state index in [1.54, 1.807) is 18.0 Å². The maximum absolute atomic E-state index is 12.3. The highest BCUT2D eigenvalue weighted by Crippen LogP contribution is 2.27. The molecule has 0 unspecified atom stereocenters. The van der Waals surface area contributed by atoms with E-state index in [2.05, 4.69) is 0 Å². The number of benzene rings is 1. The maximum atomic E-state index is 12.3. The normalized spacial score (nSPS) is 11.8. The monoisotopic (exact) mass is 231 g/mol. The summed E-state index contributed by atoms with van der Waals surface area (Å²) in [6.45, 7) is 5.77. The Bertz CT molecular complexity index is 561. The Morgan fingerprint density at radius 3 is 2.47 bits per heavy atom. The van der Waals surface area contributed by atoms with E-state index in [9.17, 15) is 4.79 Å². The number of fused-ring (bicyclic) bond motifs is 1. The van der Waals surface area contributed by atoms with Crippen LogP contribution in [0.4, 0.5) is 0 Å². The summed E-state index contributed by atoms with van der Waals surface area (Å²) in [5.74, 6) is 0.129. The van der Waals surface area contributed by atoms with E-state index in [1.165, 1.54) is 0 Å². The number of rotatable bonds is 2.